The number of aromatic nitrogens is 1. The minimum Gasteiger partial charge on any atom is -0.396 e. The lowest BCUT2D eigenvalue weighted by Crippen LogP contribution is -2.00. The minimum absolute atomic E-state index is 0.164. The van der Waals surface area contributed by atoms with Crippen LogP contribution in [0.1, 0.15) is 5.56 Å². The van der Waals surface area contributed by atoms with E-state index in [0.29, 0.717) is 6.54 Å². The number of nitrogens with two attached hydrogens (primary N) is 1. The Kier molecular flexibility index (Phi) is 2.83. The molecule has 3 nitrogen and oxygen atoms in total. The zero-order chi connectivity index (χ0) is 13.2. The monoisotopic (exact) mass is 255 g/mol. The predicted molar refractivity (Wildman–Crippen MR) is 76.4 cm³/mol. The van der Waals surface area contributed by atoms with Crippen molar-refractivity contribution in [3.05, 3.63) is 60.0 Å². The third kappa shape index (κ3) is 2.25. The highest BCUT2D eigenvalue weighted by atomic mass is 19.1. The molecule has 0 aliphatic carbocycles. The average Bonchev–Trinajstić information content (AvgIpc) is 2.83. The fourth-order valence-electron chi connectivity index (χ4n) is 2.11. The number of rotatable bonds is 3. The Morgan fingerprint density at radius 2 is 2.00 bits per heavy atom. The number of halogens is 1. The molecule has 0 amide bonds. The van der Waals surface area contributed by atoms with Crippen LogP contribution in [0.15, 0.2) is 48.7 Å². The summed E-state index contributed by atoms with van der Waals surface area (Å²) in [5.41, 5.74) is 8.58. The second-order valence-corrected chi connectivity index (χ2v) is 4.45. The summed E-state index contributed by atoms with van der Waals surface area (Å²) in [7, 11) is 0. The number of H-pyrrole nitrogens is 1. The van der Waals surface area contributed by atoms with Gasteiger partial charge in [-0.2, -0.15) is 0 Å². The number of fused-ring (bicyclic) bond motifs is 1. The zero-order valence-electron chi connectivity index (χ0n) is 10.3. The van der Waals surface area contributed by atoms with Crippen molar-refractivity contribution >= 4 is 22.3 Å². The summed E-state index contributed by atoms with van der Waals surface area (Å²) in [6.45, 7) is 0.632. The highest BCUT2D eigenvalue weighted by Crippen LogP contribution is 2.20. The molecule has 3 aromatic rings. The summed E-state index contributed by atoms with van der Waals surface area (Å²) in [4.78, 5) is 3.21. The number of hydrogen-bond donors (Lipinski definition) is 3. The average molecular weight is 255 g/mol. The van der Waals surface area contributed by atoms with Crippen LogP contribution in [0.2, 0.25) is 0 Å². The van der Waals surface area contributed by atoms with Crippen LogP contribution in [-0.2, 0) is 6.54 Å². The second kappa shape index (κ2) is 4.65. The first-order chi connectivity index (χ1) is 9.24. The Morgan fingerprint density at radius 3 is 2.84 bits per heavy atom. The Bertz CT molecular complexity index is 718. The maximum atomic E-state index is 13.3. The van der Waals surface area contributed by atoms with Gasteiger partial charge in [-0.25, -0.2) is 4.39 Å². The normalized spacial score (nSPS) is 10.8. The number of anilines is 2. The van der Waals surface area contributed by atoms with E-state index in [1.54, 1.807) is 12.1 Å². The van der Waals surface area contributed by atoms with Crippen LogP contribution in [0.25, 0.3) is 10.9 Å². The molecular weight excluding hydrogens is 241 g/mol. The lowest BCUT2D eigenvalue weighted by molar-refractivity contribution is 0.633. The quantitative estimate of drug-likeness (QED) is 0.627. The molecule has 4 heteroatoms. The van der Waals surface area contributed by atoms with Crippen LogP contribution in [0.5, 0.6) is 0 Å². The van der Waals surface area contributed by atoms with E-state index in [-0.39, 0.29) is 5.69 Å². The van der Waals surface area contributed by atoms with E-state index in [1.165, 1.54) is 11.5 Å². The molecule has 0 atom stereocenters. The van der Waals surface area contributed by atoms with Crippen LogP contribution in [0, 0.1) is 5.82 Å². The van der Waals surface area contributed by atoms with Crippen molar-refractivity contribution in [2.24, 2.45) is 0 Å². The zero-order valence-corrected chi connectivity index (χ0v) is 10.3. The number of para-hydroxylation sites is 1. The number of hydrogen-bond acceptors (Lipinski definition) is 2. The van der Waals surface area contributed by atoms with Gasteiger partial charge in [0.05, 0.1) is 5.69 Å². The number of nitrogens with one attached hydrogen (secondary N) is 2. The van der Waals surface area contributed by atoms with Gasteiger partial charge in [0.2, 0.25) is 0 Å². The van der Waals surface area contributed by atoms with Gasteiger partial charge in [0, 0.05) is 29.3 Å². The van der Waals surface area contributed by atoms with Crippen LogP contribution in [0.3, 0.4) is 0 Å². The molecular formula is C15H14FN3. The molecule has 96 valence electrons. The first-order valence-corrected chi connectivity index (χ1v) is 6.08. The lowest BCUT2D eigenvalue weighted by Gasteiger charge is -2.06. The maximum Gasteiger partial charge on any atom is 0.148 e. The van der Waals surface area contributed by atoms with Gasteiger partial charge >= 0.3 is 0 Å². The Hall–Kier alpha value is -2.49. The van der Waals surface area contributed by atoms with E-state index < -0.39 is 5.82 Å². The number of aromatic amines is 1. The summed E-state index contributed by atoms with van der Waals surface area (Å²) in [6.07, 6.45) is 1.96. The van der Waals surface area contributed by atoms with Gasteiger partial charge in [0.15, 0.2) is 0 Å². The third-order valence-electron chi connectivity index (χ3n) is 3.16. The van der Waals surface area contributed by atoms with Crippen molar-refractivity contribution < 1.29 is 4.39 Å². The summed E-state index contributed by atoms with van der Waals surface area (Å²) < 4.78 is 13.3. The molecule has 0 spiro atoms. The Balaban J connectivity index is 1.80. The fraction of sp³-hybridized carbons (Fsp3) is 0.0667. The van der Waals surface area contributed by atoms with E-state index in [2.05, 4.69) is 16.4 Å². The van der Waals surface area contributed by atoms with Crippen molar-refractivity contribution in [1.29, 1.82) is 0 Å². The van der Waals surface area contributed by atoms with E-state index >= 15 is 0 Å². The summed E-state index contributed by atoms with van der Waals surface area (Å²) in [5.74, 6) is -0.399. The van der Waals surface area contributed by atoms with E-state index in [4.69, 9.17) is 5.73 Å². The highest BCUT2D eigenvalue weighted by Gasteiger charge is 2.03. The summed E-state index contributed by atoms with van der Waals surface area (Å²) in [6, 6.07) is 12.8. The SMILES string of the molecule is Nc1ccc(NCc2c[nH]c3ccccc23)cc1F. The van der Waals surface area contributed by atoms with Crippen molar-refractivity contribution in [1.82, 2.24) is 4.98 Å². The van der Waals surface area contributed by atoms with E-state index in [1.807, 2.05) is 24.4 Å². The number of nitrogen functional groups attached to an aromatic ring is 1. The second-order valence-electron chi connectivity index (χ2n) is 4.45. The molecule has 19 heavy (non-hydrogen) atoms. The maximum absolute atomic E-state index is 13.3. The van der Waals surface area contributed by atoms with E-state index in [0.717, 1.165) is 16.8 Å². The molecule has 0 saturated carbocycles. The molecule has 0 aliphatic heterocycles. The van der Waals surface area contributed by atoms with E-state index in [9.17, 15) is 4.39 Å². The predicted octanol–water partition coefficient (Wildman–Crippen LogP) is 3.50. The van der Waals surface area contributed by atoms with Crippen molar-refractivity contribution in [3.63, 3.8) is 0 Å². The van der Waals surface area contributed by atoms with Crippen LogP contribution >= 0.6 is 0 Å². The molecule has 0 aliphatic rings. The molecule has 0 fully saturated rings. The van der Waals surface area contributed by atoms with Crippen molar-refractivity contribution in [3.8, 4) is 0 Å². The largest absolute Gasteiger partial charge is 0.396 e. The fourth-order valence-corrected chi connectivity index (χ4v) is 2.11. The van der Waals surface area contributed by atoms with Crippen LogP contribution in [-0.4, -0.2) is 4.98 Å². The smallest absolute Gasteiger partial charge is 0.148 e. The van der Waals surface area contributed by atoms with Gasteiger partial charge in [-0.1, -0.05) is 18.2 Å². The van der Waals surface area contributed by atoms with Crippen LogP contribution in [0.4, 0.5) is 15.8 Å². The van der Waals surface area contributed by atoms with Gasteiger partial charge in [0.25, 0.3) is 0 Å². The Labute approximate surface area is 110 Å². The molecule has 1 heterocycles. The van der Waals surface area contributed by atoms with Gasteiger partial charge in [-0.3, -0.25) is 0 Å². The number of benzene rings is 2. The molecule has 3 rings (SSSR count). The van der Waals surface area contributed by atoms with Crippen molar-refractivity contribution in [2.45, 2.75) is 6.54 Å². The molecule has 1 aromatic heterocycles. The van der Waals surface area contributed by atoms with Gasteiger partial charge in [-0.05, 0) is 29.8 Å². The highest BCUT2D eigenvalue weighted by molar-refractivity contribution is 5.83. The molecule has 0 radical (unpaired) electrons. The molecule has 2 aromatic carbocycles. The first-order valence-electron chi connectivity index (χ1n) is 6.08. The first kappa shape index (κ1) is 11.6. The summed E-state index contributed by atoms with van der Waals surface area (Å²) >= 11 is 0. The standard InChI is InChI=1S/C15H14FN3/c16-13-7-11(5-6-14(13)17)18-8-10-9-19-15-4-2-1-3-12(10)15/h1-7,9,18-19H,8,17H2. The lowest BCUT2D eigenvalue weighted by atomic mass is 10.1. The molecule has 0 unspecified atom stereocenters. The minimum atomic E-state index is -0.399. The molecule has 4 N–H and O–H groups in total. The third-order valence-corrected chi connectivity index (χ3v) is 3.16. The Morgan fingerprint density at radius 1 is 1.16 bits per heavy atom. The molecule has 0 bridgehead atoms. The van der Waals surface area contributed by atoms with Gasteiger partial charge in [-0.15, -0.1) is 0 Å². The van der Waals surface area contributed by atoms with Crippen molar-refractivity contribution in [2.75, 3.05) is 11.1 Å². The topological polar surface area (TPSA) is 53.8 Å². The summed E-state index contributed by atoms with van der Waals surface area (Å²) in [5, 5.41) is 4.36. The van der Waals surface area contributed by atoms with Crippen LogP contribution < -0.4 is 11.1 Å². The van der Waals surface area contributed by atoms with Gasteiger partial charge in [0.1, 0.15) is 5.82 Å². The van der Waals surface area contributed by atoms with Gasteiger partial charge < -0.3 is 16.0 Å². The molecule has 0 saturated heterocycles.